The molecule has 2 aliphatic rings. The zero-order valence-electron chi connectivity index (χ0n) is 15.0. The molecule has 0 saturated carbocycles. The second-order valence-corrected chi connectivity index (χ2v) is 7.09. The molecule has 0 aliphatic carbocycles. The summed E-state index contributed by atoms with van der Waals surface area (Å²) >= 11 is 0. The minimum absolute atomic E-state index is 0.0222. The molecule has 0 bridgehead atoms. The molecule has 0 saturated heterocycles. The van der Waals surface area contributed by atoms with E-state index in [0.29, 0.717) is 6.42 Å². The van der Waals surface area contributed by atoms with Gasteiger partial charge in [-0.1, -0.05) is 6.58 Å². The molecule has 0 amide bonds. The van der Waals surface area contributed by atoms with Crippen molar-refractivity contribution in [3.63, 3.8) is 0 Å². The van der Waals surface area contributed by atoms with Crippen molar-refractivity contribution in [3.05, 3.63) is 23.9 Å². The Morgan fingerprint density at radius 3 is 2.69 bits per heavy atom. The van der Waals surface area contributed by atoms with Crippen LogP contribution < -0.4 is 11.5 Å². The van der Waals surface area contributed by atoms with E-state index in [-0.39, 0.29) is 49.3 Å². The fourth-order valence-electron chi connectivity index (χ4n) is 3.38. The fraction of sp³-hybridized carbons (Fsp3) is 0.706. The number of methoxy groups -OCH3 is 1. The number of alkyl halides is 4. The van der Waals surface area contributed by atoms with E-state index in [0.717, 1.165) is 6.08 Å². The van der Waals surface area contributed by atoms with Crippen molar-refractivity contribution in [2.24, 2.45) is 22.4 Å². The summed E-state index contributed by atoms with van der Waals surface area (Å²) < 4.78 is 59.1. The molecule has 4 atom stereocenters. The van der Waals surface area contributed by atoms with Gasteiger partial charge in [0.1, 0.15) is 17.5 Å². The first-order valence-corrected chi connectivity index (χ1v) is 8.47. The SMILES string of the molecule is C=C(C(F)CC[C@@H](C)N)C1(COC)CN2C[C@@H](C(F)(F)F)C=C2C(N)=N1. The standard InChI is InChI=1S/C17H26F4N4O/c1-10(22)4-5-13(18)11(2)16(9-26-3)8-25-7-12(17(19,20)21)6-14(25)15(23)24-16/h6,10,12-13H,2,4-5,7-9,22H2,1,3H3,(H2,23,24)/t10-,12+,13?,16?/m1/s1. The number of nitrogens with zero attached hydrogens (tertiary/aromatic N) is 2. The first-order chi connectivity index (χ1) is 12.0. The van der Waals surface area contributed by atoms with Crippen LogP contribution in [0.25, 0.3) is 0 Å². The van der Waals surface area contributed by atoms with Gasteiger partial charge < -0.3 is 21.1 Å². The van der Waals surface area contributed by atoms with Gasteiger partial charge in [-0.15, -0.1) is 0 Å². The van der Waals surface area contributed by atoms with E-state index in [1.165, 1.54) is 12.0 Å². The van der Waals surface area contributed by atoms with Crippen LogP contribution in [0, 0.1) is 5.92 Å². The molecule has 0 aromatic heterocycles. The maximum atomic E-state index is 14.7. The summed E-state index contributed by atoms with van der Waals surface area (Å²) in [7, 11) is 1.42. The monoisotopic (exact) mass is 378 g/mol. The minimum Gasteiger partial charge on any atom is -0.382 e. The summed E-state index contributed by atoms with van der Waals surface area (Å²) in [5.41, 5.74) is 10.7. The minimum atomic E-state index is -4.37. The van der Waals surface area contributed by atoms with Crippen LogP contribution in [0.5, 0.6) is 0 Å². The number of ether oxygens (including phenoxy) is 1. The van der Waals surface area contributed by atoms with Gasteiger partial charge in [-0.2, -0.15) is 13.2 Å². The Morgan fingerprint density at radius 2 is 2.15 bits per heavy atom. The molecular weight excluding hydrogens is 352 g/mol. The van der Waals surface area contributed by atoms with Crippen molar-refractivity contribution in [1.82, 2.24) is 4.90 Å². The Balaban J connectivity index is 2.26. The van der Waals surface area contributed by atoms with E-state index in [1.54, 1.807) is 6.92 Å². The molecule has 0 fully saturated rings. The van der Waals surface area contributed by atoms with Crippen LogP contribution in [0.2, 0.25) is 0 Å². The molecule has 2 unspecified atom stereocenters. The lowest BCUT2D eigenvalue weighted by Crippen LogP contribution is -2.53. The highest BCUT2D eigenvalue weighted by molar-refractivity contribution is 5.98. The number of fused-ring (bicyclic) bond motifs is 1. The average molecular weight is 378 g/mol. The summed E-state index contributed by atoms with van der Waals surface area (Å²) in [6.45, 7) is 5.35. The first-order valence-electron chi connectivity index (χ1n) is 8.47. The van der Waals surface area contributed by atoms with Crippen LogP contribution in [0.1, 0.15) is 19.8 Å². The number of aliphatic imine (C=N–C) groups is 1. The molecule has 0 aromatic rings. The molecule has 2 heterocycles. The van der Waals surface area contributed by atoms with Gasteiger partial charge in [-0.05, 0) is 31.4 Å². The molecule has 2 rings (SSSR count). The zero-order valence-corrected chi connectivity index (χ0v) is 15.0. The lowest BCUT2D eigenvalue weighted by molar-refractivity contribution is -0.161. The van der Waals surface area contributed by atoms with Crippen LogP contribution >= 0.6 is 0 Å². The number of amidine groups is 1. The Bertz CT molecular complexity index is 602. The molecule has 0 radical (unpaired) electrons. The molecule has 26 heavy (non-hydrogen) atoms. The lowest BCUT2D eigenvalue weighted by Gasteiger charge is -2.41. The molecule has 148 valence electrons. The quantitative estimate of drug-likeness (QED) is 0.526. The van der Waals surface area contributed by atoms with Crippen molar-refractivity contribution < 1.29 is 22.3 Å². The Morgan fingerprint density at radius 1 is 1.50 bits per heavy atom. The van der Waals surface area contributed by atoms with Crippen molar-refractivity contribution in [2.75, 3.05) is 26.8 Å². The molecular formula is C17H26F4N4O. The summed E-state index contributed by atoms with van der Waals surface area (Å²) in [6, 6.07) is -0.167. The smallest absolute Gasteiger partial charge is 0.382 e. The highest BCUT2D eigenvalue weighted by atomic mass is 19.4. The maximum Gasteiger partial charge on any atom is 0.396 e. The van der Waals surface area contributed by atoms with Gasteiger partial charge in [0.2, 0.25) is 0 Å². The van der Waals surface area contributed by atoms with Crippen LogP contribution in [0.3, 0.4) is 0 Å². The fourth-order valence-corrected chi connectivity index (χ4v) is 3.38. The van der Waals surface area contributed by atoms with Gasteiger partial charge >= 0.3 is 6.18 Å². The summed E-state index contributed by atoms with van der Waals surface area (Å²) in [5.74, 6) is -1.68. The van der Waals surface area contributed by atoms with Crippen LogP contribution in [-0.4, -0.2) is 61.5 Å². The van der Waals surface area contributed by atoms with Crippen LogP contribution in [-0.2, 0) is 4.74 Å². The molecule has 0 aromatic carbocycles. The number of nitrogens with two attached hydrogens (primary N) is 2. The second kappa shape index (κ2) is 7.56. The van der Waals surface area contributed by atoms with Gasteiger partial charge in [0.05, 0.1) is 18.2 Å². The average Bonchev–Trinajstić information content (AvgIpc) is 2.96. The highest BCUT2D eigenvalue weighted by Gasteiger charge is 2.49. The van der Waals surface area contributed by atoms with Gasteiger partial charge in [0.25, 0.3) is 0 Å². The molecule has 2 aliphatic heterocycles. The Labute approximate surface area is 150 Å². The van der Waals surface area contributed by atoms with Crippen molar-refractivity contribution in [3.8, 4) is 0 Å². The van der Waals surface area contributed by atoms with Crippen LogP contribution in [0.15, 0.2) is 28.9 Å². The third-order valence-corrected chi connectivity index (χ3v) is 4.82. The third kappa shape index (κ3) is 4.20. The summed E-state index contributed by atoms with van der Waals surface area (Å²) in [4.78, 5) is 5.82. The number of hydrogen-bond acceptors (Lipinski definition) is 5. The normalized spacial score (nSPS) is 28.3. The topological polar surface area (TPSA) is 76.9 Å². The molecule has 4 N–H and O–H groups in total. The van der Waals surface area contributed by atoms with E-state index in [1.807, 2.05) is 0 Å². The van der Waals surface area contributed by atoms with E-state index >= 15 is 0 Å². The molecule has 5 nitrogen and oxygen atoms in total. The maximum absolute atomic E-state index is 14.7. The second-order valence-electron chi connectivity index (χ2n) is 7.09. The largest absolute Gasteiger partial charge is 0.396 e. The highest BCUT2D eigenvalue weighted by Crippen LogP contribution is 2.40. The van der Waals surface area contributed by atoms with Gasteiger partial charge in [-0.3, -0.25) is 4.99 Å². The Hall–Kier alpha value is -1.61. The number of hydrogen-bond donors (Lipinski definition) is 2. The predicted octanol–water partition coefficient (Wildman–Crippen LogP) is 2.14. The third-order valence-electron chi connectivity index (χ3n) is 4.82. The number of rotatable bonds is 7. The van der Waals surface area contributed by atoms with Crippen molar-refractivity contribution in [2.45, 2.75) is 43.7 Å². The van der Waals surface area contributed by atoms with Crippen molar-refractivity contribution >= 4 is 5.84 Å². The van der Waals surface area contributed by atoms with Crippen molar-refractivity contribution in [1.29, 1.82) is 0 Å². The van der Waals surface area contributed by atoms with Gasteiger partial charge in [0, 0.05) is 26.2 Å². The molecule has 0 spiro atoms. The van der Waals surface area contributed by atoms with E-state index in [4.69, 9.17) is 16.2 Å². The van der Waals surface area contributed by atoms with Gasteiger partial charge in [0.15, 0.2) is 0 Å². The zero-order chi connectivity index (χ0) is 19.7. The molecule has 9 heteroatoms. The lowest BCUT2D eigenvalue weighted by atomic mass is 9.85. The predicted molar refractivity (Wildman–Crippen MR) is 92.3 cm³/mol. The van der Waals surface area contributed by atoms with E-state index in [9.17, 15) is 17.6 Å². The Kier molecular flexibility index (Phi) is 6.02. The van der Waals surface area contributed by atoms with E-state index < -0.39 is 23.8 Å². The van der Waals surface area contributed by atoms with Gasteiger partial charge in [-0.25, -0.2) is 4.39 Å². The summed E-state index contributed by atoms with van der Waals surface area (Å²) in [5, 5.41) is 0. The first kappa shape index (κ1) is 20.7. The van der Waals surface area contributed by atoms with Crippen LogP contribution in [0.4, 0.5) is 17.6 Å². The summed E-state index contributed by atoms with van der Waals surface area (Å²) in [6.07, 6.45) is -4.09. The van der Waals surface area contributed by atoms with E-state index in [2.05, 4.69) is 11.6 Å². The number of halogens is 4.